The molecular formula is C12H11BrN2S. The second-order valence-corrected chi connectivity index (χ2v) is 5.99. The predicted molar refractivity (Wildman–Crippen MR) is 70.8 cm³/mol. The van der Waals surface area contributed by atoms with Crippen LogP contribution in [0.1, 0.15) is 28.5 Å². The number of aryl methyl sites for hydroxylation is 1. The molecule has 0 saturated heterocycles. The molecular weight excluding hydrogens is 284 g/mol. The van der Waals surface area contributed by atoms with Crippen molar-refractivity contribution in [3.8, 4) is 0 Å². The first-order chi connectivity index (χ1) is 7.74. The van der Waals surface area contributed by atoms with Crippen LogP contribution in [0.4, 0.5) is 5.13 Å². The number of thiazole rings is 1. The number of nitrogens with zero attached hydrogens (tertiary/aromatic N) is 1. The van der Waals surface area contributed by atoms with Gasteiger partial charge in [-0.1, -0.05) is 28.1 Å². The Kier molecular flexibility index (Phi) is 2.48. The maximum Gasteiger partial charge on any atom is 0.180 e. The standard InChI is InChI=1S/C12H11BrN2S/c13-8-3-1-2-7(6-8)9-4-5-10-11(9)16-12(14)15-10/h1-3,6,9H,4-5H2,(H2,14,15). The summed E-state index contributed by atoms with van der Waals surface area (Å²) in [7, 11) is 0. The van der Waals surface area contributed by atoms with E-state index in [1.165, 1.54) is 16.1 Å². The molecule has 0 bridgehead atoms. The molecule has 1 atom stereocenters. The van der Waals surface area contributed by atoms with Crippen molar-refractivity contribution < 1.29 is 0 Å². The van der Waals surface area contributed by atoms with Gasteiger partial charge in [0, 0.05) is 15.3 Å². The highest BCUT2D eigenvalue weighted by Gasteiger charge is 2.27. The molecule has 0 radical (unpaired) electrons. The number of nitrogens with two attached hydrogens (primary N) is 1. The van der Waals surface area contributed by atoms with Crippen LogP contribution in [0, 0.1) is 0 Å². The second kappa shape index (κ2) is 3.86. The normalized spacial score (nSPS) is 18.7. The highest BCUT2D eigenvalue weighted by Crippen LogP contribution is 2.42. The molecule has 4 heteroatoms. The van der Waals surface area contributed by atoms with Gasteiger partial charge in [0.15, 0.2) is 5.13 Å². The van der Waals surface area contributed by atoms with Crippen molar-refractivity contribution >= 4 is 32.4 Å². The summed E-state index contributed by atoms with van der Waals surface area (Å²) in [5.41, 5.74) is 8.32. The summed E-state index contributed by atoms with van der Waals surface area (Å²) in [5, 5.41) is 0.699. The van der Waals surface area contributed by atoms with Crippen molar-refractivity contribution in [2.75, 3.05) is 5.73 Å². The van der Waals surface area contributed by atoms with Gasteiger partial charge in [-0.25, -0.2) is 4.98 Å². The first kappa shape index (κ1) is 10.3. The number of benzene rings is 1. The Morgan fingerprint density at radius 2 is 2.31 bits per heavy atom. The zero-order chi connectivity index (χ0) is 11.1. The van der Waals surface area contributed by atoms with E-state index in [1.807, 2.05) is 0 Å². The smallest absolute Gasteiger partial charge is 0.180 e. The van der Waals surface area contributed by atoms with Crippen LogP contribution in [-0.2, 0) is 6.42 Å². The monoisotopic (exact) mass is 294 g/mol. The molecule has 16 heavy (non-hydrogen) atoms. The van der Waals surface area contributed by atoms with Crippen molar-refractivity contribution in [1.82, 2.24) is 4.98 Å². The molecule has 0 fully saturated rings. The zero-order valence-electron chi connectivity index (χ0n) is 8.61. The summed E-state index contributed by atoms with van der Waals surface area (Å²) < 4.78 is 1.14. The third kappa shape index (κ3) is 1.66. The number of rotatable bonds is 1. The number of aromatic nitrogens is 1. The van der Waals surface area contributed by atoms with Crippen LogP contribution >= 0.6 is 27.3 Å². The second-order valence-electron chi connectivity index (χ2n) is 4.01. The fourth-order valence-corrected chi connectivity index (χ4v) is 3.75. The van der Waals surface area contributed by atoms with Gasteiger partial charge < -0.3 is 5.73 Å². The average Bonchev–Trinajstić information content (AvgIpc) is 2.76. The third-order valence-corrected chi connectivity index (χ3v) is 4.52. The van der Waals surface area contributed by atoms with E-state index in [4.69, 9.17) is 5.73 Å². The van der Waals surface area contributed by atoms with Gasteiger partial charge >= 0.3 is 0 Å². The summed E-state index contributed by atoms with van der Waals surface area (Å²) in [6.45, 7) is 0. The van der Waals surface area contributed by atoms with E-state index in [-0.39, 0.29) is 0 Å². The Labute approximate surface area is 107 Å². The van der Waals surface area contributed by atoms with Crippen LogP contribution in [-0.4, -0.2) is 4.98 Å². The van der Waals surface area contributed by atoms with E-state index in [0.717, 1.165) is 17.3 Å². The van der Waals surface area contributed by atoms with E-state index < -0.39 is 0 Å². The summed E-state index contributed by atoms with van der Waals surface area (Å²) in [6.07, 6.45) is 2.21. The number of anilines is 1. The largest absolute Gasteiger partial charge is 0.375 e. The number of fused-ring (bicyclic) bond motifs is 1. The minimum atomic E-state index is 0.488. The molecule has 2 N–H and O–H groups in total. The van der Waals surface area contributed by atoms with Crippen molar-refractivity contribution in [3.05, 3.63) is 44.9 Å². The molecule has 2 aromatic rings. The SMILES string of the molecule is Nc1nc2c(s1)C(c1cccc(Br)c1)CC2. The lowest BCUT2D eigenvalue weighted by Crippen LogP contribution is -1.93. The Hall–Kier alpha value is -0.870. The Bertz CT molecular complexity index is 536. The van der Waals surface area contributed by atoms with Crippen molar-refractivity contribution in [2.24, 2.45) is 0 Å². The summed E-state index contributed by atoms with van der Waals surface area (Å²) in [5.74, 6) is 0.488. The van der Waals surface area contributed by atoms with Crippen molar-refractivity contribution in [3.63, 3.8) is 0 Å². The molecule has 0 amide bonds. The van der Waals surface area contributed by atoms with E-state index in [9.17, 15) is 0 Å². The topological polar surface area (TPSA) is 38.9 Å². The molecule has 1 heterocycles. The van der Waals surface area contributed by atoms with Crippen molar-refractivity contribution in [2.45, 2.75) is 18.8 Å². The Morgan fingerprint density at radius 3 is 3.12 bits per heavy atom. The molecule has 2 nitrogen and oxygen atoms in total. The van der Waals surface area contributed by atoms with Crippen LogP contribution < -0.4 is 5.73 Å². The quantitative estimate of drug-likeness (QED) is 0.873. The average molecular weight is 295 g/mol. The van der Waals surface area contributed by atoms with Crippen LogP contribution in [0.15, 0.2) is 28.7 Å². The highest BCUT2D eigenvalue weighted by atomic mass is 79.9. The fourth-order valence-electron chi connectivity index (χ4n) is 2.29. The number of hydrogen-bond donors (Lipinski definition) is 1. The molecule has 3 rings (SSSR count). The molecule has 0 saturated carbocycles. The maximum absolute atomic E-state index is 5.76. The molecule has 1 aromatic carbocycles. The third-order valence-electron chi connectivity index (χ3n) is 2.98. The minimum absolute atomic E-state index is 0.488. The van der Waals surface area contributed by atoms with Gasteiger partial charge in [0.2, 0.25) is 0 Å². The molecule has 1 aliphatic rings. The summed E-state index contributed by atoms with van der Waals surface area (Å²) in [4.78, 5) is 5.73. The Balaban J connectivity index is 2.03. The minimum Gasteiger partial charge on any atom is -0.375 e. The van der Waals surface area contributed by atoms with Gasteiger partial charge in [-0.2, -0.15) is 0 Å². The van der Waals surface area contributed by atoms with E-state index >= 15 is 0 Å². The van der Waals surface area contributed by atoms with Gasteiger partial charge in [0.05, 0.1) is 5.69 Å². The van der Waals surface area contributed by atoms with Gasteiger partial charge in [-0.05, 0) is 30.5 Å². The van der Waals surface area contributed by atoms with E-state index in [0.29, 0.717) is 11.0 Å². The van der Waals surface area contributed by atoms with Crippen LogP contribution in [0.25, 0.3) is 0 Å². The number of hydrogen-bond acceptors (Lipinski definition) is 3. The number of halogens is 1. The summed E-state index contributed by atoms with van der Waals surface area (Å²) in [6, 6.07) is 8.51. The van der Waals surface area contributed by atoms with Crippen LogP contribution in [0.2, 0.25) is 0 Å². The van der Waals surface area contributed by atoms with Gasteiger partial charge in [-0.15, -0.1) is 11.3 Å². The lowest BCUT2D eigenvalue weighted by atomic mass is 9.99. The van der Waals surface area contributed by atoms with E-state index in [2.05, 4.69) is 45.2 Å². The van der Waals surface area contributed by atoms with Crippen molar-refractivity contribution in [1.29, 1.82) is 0 Å². The fraction of sp³-hybridized carbons (Fsp3) is 0.250. The first-order valence-corrected chi connectivity index (χ1v) is 6.85. The van der Waals surface area contributed by atoms with Gasteiger partial charge in [0.1, 0.15) is 0 Å². The molecule has 82 valence electrons. The van der Waals surface area contributed by atoms with E-state index in [1.54, 1.807) is 11.3 Å². The van der Waals surface area contributed by atoms with Crippen LogP contribution in [0.3, 0.4) is 0 Å². The predicted octanol–water partition coefficient (Wildman–Crippen LogP) is 3.57. The molecule has 1 aliphatic carbocycles. The van der Waals surface area contributed by atoms with Crippen LogP contribution in [0.5, 0.6) is 0 Å². The lowest BCUT2D eigenvalue weighted by molar-refractivity contribution is 0.790. The zero-order valence-corrected chi connectivity index (χ0v) is 11.0. The molecule has 0 aliphatic heterocycles. The maximum atomic E-state index is 5.76. The molecule has 0 spiro atoms. The number of nitrogen functional groups attached to an aromatic ring is 1. The highest BCUT2D eigenvalue weighted by molar-refractivity contribution is 9.10. The lowest BCUT2D eigenvalue weighted by Gasteiger charge is -2.09. The summed E-state index contributed by atoms with van der Waals surface area (Å²) >= 11 is 5.15. The van der Waals surface area contributed by atoms with Gasteiger partial charge in [0.25, 0.3) is 0 Å². The molecule has 1 aromatic heterocycles. The Morgan fingerprint density at radius 1 is 1.44 bits per heavy atom. The molecule has 1 unspecified atom stereocenters. The first-order valence-electron chi connectivity index (χ1n) is 5.24. The van der Waals surface area contributed by atoms with Gasteiger partial charge in [-0.3, -0.25) is 0 Å².